The van der Waals surface area contributed by atoms with E-state index in [-0.39, 0.29) is 5.46 Å². The van der Waals surface area contributed by atoms with E-state index in [2.05, 4.69) is 5.10 Å². The van der Waals surface area contributed by atoms with Gasteiger partial charge in [0.1, 0.15) is 5.82 Å². The molecule has 5 nitrogen and oxygen atoms in total. The normalized spacial score (nSPS) is 10.6. The molecule has 0 aliphatic rings. The first-order valence-corrected chi connectivity index (χ1v) is 6.40. The lowest BCUT2D eigenvalue weighted by Crippen LogP contribution is -2.33. The Balaban J connectivity index is 2.09. The van der Waals surface area contributed by atoms with Gasteiger partial charge in [-0.2, -0.15) is 5.10 Å². The first-order chi connectivity index (χ1) is 9.60. The van der Waals surface area contributed by atoms with Crippen molar-refractivity contribution in [2.45, 2.75) is 19.9 Å². The van der Waals surface area contributed by atoms with Crippen LogP contribution in [-0.4, -0.2) is 33.6 Å². The van der Waals surface area contributed by atoms with Gasteiger partial charge in [0.05, 0.1) is 25.5 Å². The minimum Gasteiger partial charge on any atom is -0.490 e. The number of ether oxygens (including phenoxy) is 1. The molecular weight excluding hydrogens is 262 g/mol. The van der Waals surface area contributed by atoms with E-state index >= 15 is 0 Å². The molecule has 1 aromatic carbocycles. The van der Waals surface area contributed by atoms with Crippen molar-refractivity contribution in [1.82, 2.24) is 9.78 Å². The summed E-state index contributed by atoms with van der Waals surface area (Å²) in [6.07, 6.45) is 4.27. The molecule has 1 aromatic heterocycles. The van der Waals surface area contributed by atoms with E-state index in [1.54, 1.807) is 23.1 Å². The van der Waals surface area contributed by atoms with Gasteiger partial charge in [-0.05, 0) is 18.1 Å². The van der Waals surface area contributed by atoms with Gasteiger partial charge >= 0.3 is 7.12 Å². The lowest BCUT2D eigenvalue weighted by atomic mass is 9.79. The lowest BCUT2D eigenvalue weighted by Gasteiger charge is -2.06. The summed E-state index contributed by atoms with van der Waals surface area (Å²) in [5.74, 6) is 0.0348. The third kappa shape index (κ3) is 3.58. The molecule has 0 aliphatic heterocycles. The van der Waals surface area contributed by atoms with Gasteiger partial charge in [0.2, 0.25) is 0 Å². The maximum Gasteiger partial charge on any atom is 0.491 e. The third-order valence-electron chi connectivity index (χ3n) is 2.77. The summed E-state index contributed by atoms with van der Waals surface area (Å²) in [5, 5.41) is 22.3. The Labute approximate surface area is 116 Å². The molecule has 0 radical (unpaired) electrons. The third-order valence-corrected chi connectivity index (χ3v) is 2.77. The first-order valence-electron chi connectivity index (χ1n) is 6.40. The smallest absolute Gasteiger partial charge is 0.490 e. The molecule has 0 amide bonds. The van der Waals surface area contributed by atoms with Crippen molar-refractivity contribution < 1.29 is 19.2 Å². The highest BCUT2D eigenvalue weighted by molar-refractivity contribution is 6.58. The van der Waals surface area contributed by atoms with Gasteiger partial charge in [0.25, 0.3) is 0 Å². The maximum absolute atomic E-state index is 13.3. The van der Waals surface area contributed by atoms with Crippen LogP contribution in [0.1, 0.15) is 18.9 Å². The molecule has 0 atom stereocenters. The first kappa shape index (κ1) is 14.6. The zero-order chi connectivity index (χ0) is 14.5. The summed E-state index contributed by atoms with van der Waals surface area (Å²) in [7, 11) is -1.82. The standard InChI is InChI=1S/C13H16BFN2O3/c1-2-5-20-11-7-16-17(9-11)8-10-3-4-13(15)12(6-10)14(18)19/h3-4,6-7,9,18-19H,2,5,8H2,1H3. The second-order valence-corrected chi connectivity index (χ2v) is 4.45. The van der Waals surface area contributed by atoms with Crippen LogP contribution >= 0.6 is 0 Å². The largest absolute Gasteiger partial charge is 0.491 e. The van der Waals surface area contributed by atoms with Gasteiger partial charge in [-0.1, -0.05) is 19.1 Å². The van der Waals surface area contributed by atoms with Crippen LogP contribution in [0.5, 0.6) is 5.75 Å². The molecule has 0 spiro atoms. The number of halogens is 1. The van der Waals surface area contributed by atoms with Gasteiger partial charge in [-0.15, -0.1) is 0 Å². The number of nitrogens with zero attached hydrogens (tertiary/aromatic N) is 2. The van der Waals surface area contributed by atoms with Crippen molar-refractivity contribution in [2.75, 3.05) is 6.61 Å². The summed E-state index contributed by atoms with van der Waals surface area (Å²) in [5.41, 5.74) is 0.580. The van der Waals surface area contributed by atoms with Gasteiger partial charge in [0, 0.05) is 5.46 Å². The highest BCUT2D eigenvalue weighted by Crippen LogP contribution is 2.11. The lowest BCUT2D eigenvalue weighted by molar-refractivity contribution is 0.317. The van der Waals surface area contributed by atoms with Crippen molar-refractivity contribution in [3.05, 3.63) is 42.0 Å². The number of aromatic nitrogens is 2. The van der Waals surface area contributed by atoms with E-state index < -0.39 is 12.9 Å². The molecular formula is C13H16BFN2O3. The van der Waals surface area contributed by atoms with Crippen molar-refractivity contribution in [1.29, 1.82) is 0 Å². The molecule has 106 valence electrons. The maximum atomic E-state index is 13.3. The average Bonchev–Trinajstić information content (AvgIpc) is 2.86. The monoisotopic (exact) mass is 278 g/mol. The predicted octanol–water partition coefficient (Wildman–Crippen LogP) is 0.539. The molecule has 2 aromatic rings. The summed E-state index contributed by atoms with van der Waals surface area (Å²) in [6, 6.07) is 4.20. The molecule has 0 saturated heterocycles. The van der Waals surface area contributed by atoms with Crippen molar-refractivity contribution in [2.24, 2.45) is 0 Å². The quantitative estimate of drug-likeness (QED) is 0.757. The van der Waals surface area contributed by atoms with Gasteiger partial charge in [0.15, 0.2) is 5.75 Å². The van der Waals surface area contributed by atoms with E-state index in [0.717, 1.165) is 12.0 Å². The van der Waals surface area contributed by atoms with Crippen molar-refractivity contribution in [3.8, 4) is 5.75 Å². The van der Waals surface area contributed by atoms with Crippen molar-refractivity contribution in [3.63, 3.8) is 0 Å². The molecule has 1 heterocycles. The fourth-order valence-corrected chi connectivity index (χ4v) is 1.80. The Bertz CT molecular complexity index is 574. The van der Waals surface area contributed by atoms with Gasteiger partial charge < -0.3 is 14.8 Å². The van der Waals surface area contributed by atoms with Crippen molar-refractivity contribution >= 4 is 12.6 Å². The van der Waals surface area contributed by atoms with E-state index in [1.165, 1.54) is 12.1 Å². The Morgan fingerprint density at radius 2 is 2.20 bits per heavy atom. The fraction of sp³-hybridized carbons (Fsp3) is 0.308. The molecule has 2 N–H and O–H groups in total. The predicted molar refractivity (Wildman–Crippen MR) is 73.3 cm³/mol. The fourth-order valence-electron chi connectivity index (χ4n) is 1.80. The molecule has 0 unspecified atom stereocenters. The van der Waals surface area contributed by atoms with Gasteiger partial charge in [-0.3, -0.25) is 4.68 Å². The van der Waals surface area contributed by atoms with Crippen LogP contribution in [0.15, 0.2) is 30.6 Å². The summed E-state index contributed by atoms with van der Waals surface area (Å²) >= 11 is 0. The summed E-state index contributed by atoms with van der Waals surface area (Å²) in [6.45, 7) is 3.04. The Hall–Kier alpha value is -1.86. The molecule has 0 bridgehead atoms. The number of hydrogen-bond donors (Lipinski definition) is 2. The SMILES string of the molecule is CCCOc1cnn(Cc2ccc(F)c(B(O)O)c2)c1. The Morgan fingerprint density at radius 3 is 2.90 bits per heavy atom. The zero-order valence-electron chi connectivity index (χ0n) is 11.2. The summed E-state index contributed by atoms with van der Waals surface area (Å²) < 4.78 is 20.4. The topological polar surface area (TPSA) is 67.5 Å². The molecule has 0 saturated carbocycles. The molecule has 2 rings (SSSR count). The van der Waals surface area contributed by atoms with Crippen LogP contribution in [0.25, 0.3) is 0 Å². The van der Waals surface area contributed by atoms with Crippen LogP contribution in [0.4, 0.5) is 4.39 Å². The number of benzene rings is 1. The van der Waals surface area contributed by atoms with Gasteiger partial charge in [-0.25, -0.2) is 4.39 Å². The number of rotatable bonds is 6. The highest BCUT2D eigenvalue weighted by atomic mass is 19.1. The average molecular weight is 278 g/mol. The van der Waals surface area contributed by atoms with Crippen LogP contribution in [0.3, 0.4) is 0 Å². The zero-order valence-corrected chi connectivity index (χ0v) is 11.2. The molecule has 7 heteroatoms. The minimum atomic E-state index is -1.82. The minimum absolute atomic E-state index is 0.142. The van der Waals surface area contributed by atoms with E-state index in [9.17, 15) is 4.39 Å². The second kappa shape index (κ2) is 6.54. The Morgan fingerprint density at radius 1 is 1.40 bits per heavy atom. The molecule has 20 heavy (non-hydrogen) atoms. The van der Waals surface area contributed by atoms with Crippen LogP contribution in [0.2, 0.25) is 0 Å². The summed E-state index contributed by atoms with van der Waals surface area (Å²) in [4.78, 5) is 0. The highest BCUT2D eigenvalue weighted by Gasteiger charge is 2.16. The Kier molecular flexibility index (Phi) is 4.76. The van der Waals surface area contributed by atoms with Crippen LogP contribution < -0.4 is 10.2 Å². The van der Waals surface area contributed by atoms with Crippen LogP contribution in [0, 0.1) is 5.82 Å². The van der Waals surface area contributed by atoms with E-state index in [0.29, 0.717) is 18.9 Å². The number of hydrogen-bond acceptors (Lipinski definition) is 4. The molecule has 0 aliphatic carbocycles. The second-order valence-electron chi connectivity index (χ2n) is 4.45. The van der Waals surface area contributed by atoms with E-state index in [4.69, 9.17) is 14.8 Å². The van der Waals surface area contributed by atoms with E-state index in [1.807, 2.05) is 6.92 Å². The molecule has 0 fully saturated rings. The van der Waals surface area contributed by atoms with Crippen LogP contribution in [-0.2, 0) is 6.54 Å².